The average molecular weight is 352 g/mol. The first-order chi connectivity index (χ1) is 10.2. The third-order valence-electron chi connectivity index (χ3n) is 3.44. The smallest absolute Gasteiger partial charge is 0.161 e. The van der Waals surface area contributed by atoms with E-state index in [4.69, 9.17) is 15.2 Å². The Hall–Kier alpha value is -1.59. The van der Waals surface area contributed by atoms with Crippen LogP contribution >= 0.6 is 15.9 Å². The maximum absolute atomic E-state index is 14.0. The van der Waals surface area contributed by atoms with E-state index in [1.54, 1.807) is 12.1 Å². The van der Waals surface area contributed by atoms with Crippen LogP contribution < -0.4 is 15.2 Å². The van der Waals surface area contributed by atoms with E-state index in [0.717, 1.165) is 12.0 Å². The number of rotatable bonds is 2. The van der Waals surface area contributed by atoms with Gasteiger partial charge in [-0.2, -0.15) is 0 Å². The third kappa shape index (κ3) is 2.89. The number of nitrogens with two attached hydrogens (primary N) is 1. The second-order valence-electron chi connectivity index (χ2n) is 4.87. The SMILES string of the molecule is NC(c1ccc2c(c1)OCCCO2)c1c(F)cccc1Br. The normalized spacial score (nSPS) is 15.4. The molecule has 3 nitrogen and oxygen atoms in total. The van der Waals surface area contributed by atoms with Crippen LogP contribution in [0.2, 0.25) is 0 Å². The Labute approximate surface area is 131 Å². The van der Waals surface area contributed by atoms with E-state index in [1.165, 1.54) is 6.07 Å². The van der Waals surface area contributed by atoms with Gasteiger partial charge in [0.1, 0.15) is 5.82 Å². The molecule has 1 unspecified atom stereocenters. The topological polar surface area (TPSA) is 44.5 Å². The largest absolute Gasteiger partial charge is 0.490 e. The molecule has 110 valence electrons. The standard InChI is InChI=1S/C16H15BrFNO2/c17-11-3-1-4-12(18)15(11)16(19)10-5-6-13-14(9-10)21-8-2-7-20-13/h1,3-6,9,16H,2,7-8,19H2. The molecule has 1 atom stereocenters. The van der Waals surface area contributed by atoms with Gasteiger partial charge in [-0.3, -0.25) is 0 Å². The first kappa shape index (κ1) is 14.4. The van der Waals surface area contributed by atoms with Gasteiger partial charge in [0.15, 0.2) is 11.5 Å². The number of halogens is 2. The summed E-state index contributed by atoms with van der Waals surface area (Å²) in [6.45, 7) is 1.24. The van der Waals surface area contributed by atoms with E-state index >= 15 is 0 Å². The Morgan fingerprint density at radius 3 is 2.62 bits per heavy atom. The van der Waals surface area contributed by atoms with Crippen molar-refractivity contribution in [2.24, 2.45) is 5.73 Å². The summed E-state index contributed by atoms with van der Waals surface area (Å²) in [6, 6.07) is 9.75. The van der Waals surface area contributed by atoms with Crippen LogP contribution in [-0.4, -0.2) is 13.2 Å². The highest BCUT2D eigenvalue weighted by Crippen LogP contribution is 2.35. The van der Waals surface area contributed by atoms with Crippen LogP contribution in [0.15, 0.2) is 40.9 Å². The molecule has 0 saturated heterocycles. The van der Waals surface area contributed by atoms with E-state index in [0.29, 0.717) is 34.7 Å². The molecule has 2 aromatic carbocycles. The molecule has 1 heterocycles. The van der Waals surface area contributed by atoms with E-state index in [2.05, 4.69) is 15.9 Å². The van der Waals surface area contributed by atoms with Gasteiger partial charge in [0.25, 0.3) is 0 Å². The van der Waals surface area contributed by atoms with E-state index in [9.17, 15) is 4.39 Å². The highest BCUT2D eigenvalue weighted by Gasteiger charge is 2.19. The predicted octanol–water partition coefficient (Wildman–Crippen LogP) is 3.80. The van der Waals surface area contributed by atoms with Gasteiger partial charge < -0.3 is 15.2 Å². The molecule has 0 amide bonds. The van der Waals surface area contributed by atoms with Crippen molar-refractivity contribution in [2.45, 2.75) is 12.5 Å². The van der Waals surface area contributed by atoms with Crippen molar-refractivity contribution >= 4 is 15.9 Å². The molecule has 5 heteroatoms. The zero-order valence-electron chi connectivity index (χ0n) is 11.3. The minimum atomic E-state index is -0.572. The van der Waals surface area contributed by atoms with Gasteiger partial charge in [0.05, 0.1) is 19.3 Å². The summed E-state index contributed by atoms with van der Waals surface area (Å²) < 4.78 is 25.9. The lowest BCUT2D eigenvalue weighted by Crippen LogP contribution is -2.14. The van der Waals surface area contributed by atoms with Gasteiger partial charge in [-0.1, -0.05) is 28.1 Å². The molecular weight excluding hydrogens is 337 g/mol. The van der Waals surface area contributed by atoms with Gasteiger partial charge in [-0.05, 0) is 29.8 Å². The predicted molar refractivity (Wildman–Crippen MR) is 82.2 cm³/mol. The number of hydrogen-bond acceptors (Lipinski definition) is 3. The van der Waals surface area contributed by atoms with Crippen LogP contribution in [0.4, 0.5) is 4.39 Å². The lowest BCUT2D eigenvalue weighted by molar-refractivity contribution is 0.297. The summed E-state index contributed by atoms with van der Waals surface area (Å²) in [4.78, 5) is 0. The lowest BCUT2D eigenvalue weighted by atomic mass is 9.98. The minimum absolute atomic E-state index is 0.330. The van der Waals surface area contributed by atoms with Crippen LogP contribution in [-0.2, 0) is 0 Å². The molecule has 2 aromatic rings. The molecule has 0 saturated carbocycles. The molecule has 0 aliphatic carbocycles. The monoisotopic (exact) mass is 351 g/mol. The van der Waals surface area contributed by atoms with Crippen molar-refractivity contribution in [3.8, 4) is 11.5 Å². The van der Waals surface area contributed by atoms with Crippen molar-refractivity contribution < 1.29 is 13.9 Å². The highest BCUT2D eigenvalue weighted by molar-refractivity contribution is 9.10. The number of fused-ring (bicyclic) bond motifs is 1. The zero-order valence-corrected chi connectivity index (χ0v) is 12.9. The van der Waals surface area contributed by atoms with Crippen LogP contribution in [0.5, 0.6) is 11.5 Å². The molecule has 0 aromatic heterocycles. The number of hydrogen-bond donors (Lipinski definition) is 1. The summed E-state index contributed by atoms with van der Waals surface area (Å²) in [5.74, 6) is 1.04. The number of ether oxygens (including phenoxy) is 2. The summed E-state index contributed by atoms with van der Waals surface area (Å²) in [5, 5.41) is 0. The minimum Gasteiger partial charge on any atom is -0.490 e. The van der Waals surface area contributed by atoms with E-state index in [1.807, 2.05) is 18.2 Å². The second kappa shape index (κ2) is 6.03. The summed E-state index contributed by atoms with van der Waals surface area (Å²) >= 11 is 3.36. The maximum atomic E-state index is 14.0. The first-order valence-electron chi connectivity index (χ1n) is 6.76. The molecule has 1 aliphatic rings. The lowest BCUT2D eigenvalue weighted by Gasteiger charge is -2.17. The Morgan fingerprint density at radius 2 is 1.86 bits per heavy atom. The molecule has 2 N–H and O–H groups in total. The Kier molecular flexibility index (Phi) is 4.12. The van der Waals surface area contributed by atoms with Crippen molar-refractivity contribution in [3.05, 3.63) is 57.8 Å². The average Bonchev–Trinajstić information content (AvgIpc) is 2.71. The molecule has 0 bridgehead atoms. The molecular formula is C16H15BrFNO2. The van der Waals surface area contributed by atoms with Gasteiger partial charge in [0, 0.05) is 16.5 Å². The van der Waals surface area contributed by atoms with Crippen molar-refractivity contribution in [2.75, 3.05) is 13.2 Å². The molecule has 1 aliphatic heterocycles. The highest BCUT2D eigenvalue weighted by atomic mass is 79.9. The van der Waals surface area contributed by atoms with Crippen LogP contribution in [0.1, 0.15) is 23.6 Å². The van der Waals surface area contributed by atoms with Gasteiger partial charge in [0.2, 0.25) is 0 Å². The first-order valence-corrected chi connectivity index (χ1v) is 7.55. The Bertz CT molecular complexity index is 642. The Morgan fingerprint density at radius 1 is 1.10 bits per heavy atom. The quantitative estimate of drug-likeness (QED) is 0.894. The molecule has 0 spiro atoms. The van der Waals surface area contributed by atoms with E-state index < -0.39 is 6.04 Å². The second-order valence-corrected chi connectivity index (χ2v) is 5.72. The summed E-state index contributed by atoms with van der Waals surface area (Å²) in [7, 11) is 0. The fourth-order valence-corrected chi connectivity index (χ4v) is 2.94. The van der Waals surface area contributed by atoms with Crippen LogP contribution in [0.3, 0.4) is 0 Å². The van der Waals surface area contributed by atoms with Gasteiger partial charge in [-0.25, -0.2) is 4.39 Å². The van der Waals surface area contributed by atoms with Crippen molar-refractivity contribution in [1.29, 1.82) is 0 Å². The number of benzene rings is 2. The van der Waals surface area contributed by atoms with E-state index in [-0.39, 0.29) is 5.82 Å². The molecule has 21 heavy (non-hydrogen) atoms. The maximum Gasteiger partial charge on any atom is 0.161 e. The summed E-state index contributed by atoms with van der Waals surface area (Å²) in [5.41, 5.74) is 7.44. The van der Waals surface area contributed by atoms with Gasteiger partial charge in [-0.15, -0.1) is 0 Å². The Balaban J connectivity index is 1.98. The fraction of sp³-hybridized carbons (Fsp3) is 0.250. The fourth-order valence-electron chi connectivity index (χ4n) is 2.35. The zero-order chi connectivity index (χ0) is 14.8. The van der Waals surface area contributed by atoms with Crippen molar-refractivity contribution in [3.63, 3.8) is 0 Å². The summed E-state index contributed by atoms with van der Waals surface area (Å²) in [6.07, 6.45) is 0.842. The van der Waals surface area contributed by atoms with Gasteiger partial charge >= 0.3 is 0 Å². The molecule has 0 radical (unpaired) electrons. The van der Waals surface area contributed by atoms with Crippen LogP contribution in [0.25, 0.3) is 0 Å². The van der Waals surface area contributed by atoms with Crippen molar-refractivity contribution in [1.82, 2.24) is 0 Å². The molecule has 3 rings (SSSR count). The molecule has 0 fully saturated rings. The van der Waals surface area contributed by atoms with Crippen LogP contribution in [0, 0.1) is 5.82 Å². The third-order valence-corrected chi connectivity index (χ3v) is 4.13.